The summed E-state index contributed by atoms with van der Waals surface area (Å²) in [6.07, 6.45) is 1.85. The van der Waals surface area contributed by atoms with Gasteiger partial charge in [-0.1, -0.05) is 23.7 Å². The van der Waals surface area contributed by atoms with Crippen molar-refractivity contribution < 1.29 is 4.79 Å². The zero-order valence-corrected chi connectivity index (χ0v) is 11.4. The summed E-state index contributed by atoms with van der Waals surface area (Å²) in [5.74, 6) is 0.691. The molecule has 2 aromatic rings. The van der Waals surface area contributed by atoms with Gasteiger partial charge in [0.15, 0.2) is 5.82 Å². The molecule has 0 saturated carbocycles. The molecule has 104 valence electrons. The standard InChI is InChI=1S/C13H14ClN5O/c14-9-5-2-1-4-8(9)11-16-13(19-18-11)17-12(20)10-6-3-7-15-10/h1-2,4-5,10,15H,3,6-7H2,(H2,16,17,18,19,20). The van der Waals surface area contributed by atoms with Crippen molar-refractivity contribution in [3.63, 3.8) is 0 Å². The molecule has 0 spiro atoms. The number of hydrogen-bond donors (Lipinski definition) is 3. The molecule has 1 aliphatic rings. The maximum atomic E-state index is 11.9. The van der Waals surface area contributed by atoms with Gasteiger partial charge < -0.3 is 5.32 Å². The first-order valence-electron chi connectivity index (χ1n) is 6.45. The predicted molar refractivity (Wildman–Crippen MR) is 76.5 cm³/mol. The number of carbonyl (C=O) groups excluding carboxylic acids is 1. The quantitative estimate of drug-likeness (QED) is 0.805. The highest BCUT2D eigenvalue weighted by atomic mass is 35.5. The van der Waals surface area contributed by atoms with Crippen LogP contribution in [0.1, 0.15) is 12.8 Å². The van der Waals surface area contributed by atoms with E-state index < -0.39 is 0 Å². The molecular formula is C13H14ClN5O. The van der Waals surface area contributed by atoms with Crippen LogP contribution >= 0.6 is 11.6 Å². The lowest BCUT2D eigenvalue weighted by molar-refractivity contribution is -0.117. The Bertz CT molecular complexity index is 621. The van der Waals surface area contributed by atoms with Crippen LogP contribution in [0.25, 0.3) is 11.4 Å². The molecule has 1 atom stereocenters. The Morgan fingerprint density at radius 3 is 3.00 bits per heavy atom. The van der Waals surface area contributed by atoms with Crippen LogP contribution in [-0.4, -0.2) is 33.7 Å². The van der Waals surface area contributed by atoms with Crippen molar-refractivity contribution in [2.45, 2.75) is 18.9 Å². The van der Waals surface area contributed by atoms with Gasteiger partial charge in [0.2, 0.25) is 11.9 Å². The molecule has 1 aromatic carbocycles. The van der Waals surface area contributed by atoms with E-state index in [2.05, 4.69) is 25.8 Å². The summed E-state index contributed by atoms with van der Waals surface area (Å²) >= 11 is 6.09. The van der Waals surface area contributed by atoms with Crippen LogP contribution in [0.15, 0.2) is 24.3 Å². The Balaban J connectivity index is 1.74. The number of carbonyl (C=O) groups is 1. The van der Waals surface area contributed by atoms with Gasteiger partial charge in [0.25, 0.3) is 0 Å². The monoisotopic (exact) mass is 291 g/mol. The number of hydrogen-bond acceptors (Lipinski definition) is 4. The molecular weight excluding hydrogens is 278 g/mol. The Labute approximate surface area is 120 Å². The summed E-state index contributed by atoms with van der Waals surface area (Å²) < 4.78 is 0. The number of rotatable bonds is 3. The predicted octanol–water partition coefficient (Wildman–Crippen LogP) is 1.82. The number of halogens is 1. The third-order valence-corrected chi connectivity index (χ3v) is 3.56. The molecule has 0 aliphatic carbocycles. The van der Waals surface area contributed by atoms with Gasteiger partial charge in [-0.3, -0.25) is 15.2 Å². The molecule has 1 amide bonds. The van der Waals surface area contributed by atoms with Gasteiger partial charge in [0.1, 0.15) is 0 Å². The largest absolute Gasteiger partial charge is 0.306 e. The fraction of sp³-hybridized carbons (Fsp3) is 0.308. The second-order valence-electron chi connectivity index (χ2n) is 4.63. The number of nitrogens with zero attached hydrogens (tertiary/aromatic N) is 2. The summed E-state index contributed by atoms with van der Waals surface area (Å²) in [5.41, 5.74) is 0.751. The highest BCUT2D eigenvalue weighted by Crippen LogP contribution is 2.24. The van der Waals surface area contributed by atoms with E-state index in [0.29, 0.717) is 10.8 Å². The van der Waals surface area contributed by atoms with E-state index in [4.69, 9.17) is 11.6 Å². The molecule has 0 radical (unpaired) electrons. The third-order valence-electron chi connectivity index (χ3n) is 3.23. The molecule has 0 bridgehead atoms. The van der Waals surface area contributed by atoms with E-state index in [9.17, 15) is 4.79 Å². The van der Waals surface area contributed by atoms with Crippen molar-refractivity contribution >= 4 is 23.5 Å². The zero-order valence-electron chi connectivity index (χ0n) is 10.7. The second-order valence-corrected chi connectivity index (χ2v) is 5.03. The van der Waals surface area contributed by atoms with E-state index in [0.717, 1.165) is 24.9 Å². The summed E-state index contributed by atoms with van der Waals surface area (Å²) in [6, 6.07) is 7.17. The van der Waals surface area contributed by atoms with E-state index in [1.807, 2.05) is 18.2 Å². The van der Waals surface area contributed by atoms with Crippen molar-refractivity contribution in [2.75, 3.05) is 11.9 Å². The molecule has 3 rings (SSSR count). The third kappa shape index (κ3) is 2.66. The fourth-order valence-corrected chi connectivity index (χ4v) is 2.42. The molecule has 1 aromatic heterocycles. The van der Waals surface area contributed by atoms with Crippen LogP contribution in [-0.2, 0) is 4.79 Å². The molecule has 7 heteroatoms. The maximum Gasteiger partial charge on any atom is 0.249 e. The van der Waals surface area contributed by atoms with Crippen molar-refractivity contribution in [3.8, 4) is 11.4 Å². The van der Waals surface area contributed by atoms with Gasteiger partial charge in [0.05, 0.1) is 11.1 Å². The minimum atomic E-state index is -0.155. The normalized spacial score (nSPS) is 18.1. The Morgan fingerprint density at radius 2 is 2.25 bits per heavy atom. The number of aromatic amines is 1. The number of H-pyrrole nitrogens is 1. The molecule has 2 heterocycles. The van der Waals surface area contributed by atoms with Crippen LogP contribution in [0.5, 0.6) is 0 Å². The summed E-state index contributed by atoms with van der Waals surface area (Å²) in [4.78, 5) is 16.2. The van der Waals surface area contributed by atoms with E-state index in [1.165, 1.54) is 0 Å². The van der Waals surface area contributed by atoms with Crippen LogP contribution in [0.3, 0.4) is 0 Å². The molecule has 1 unspecified atom stereocenters. The summed E-state index contributed by atoms with van der Waals surface area (Å²) in [5, 5.41) is 13.2. The van der Waals surface area contributed by atoms with E-state index >= 15 is 0 Å². The van der Waals surface area contributed by atoms with Gasteiger partial charge in [-0.2, -0.15) is 4.98 Å². The van der Waals surface area contributed by atoms with Gasteiger partial charge >= 0.3 is 0 Å². The highest BCUT2D eigenvalue weighted by molar-refractivity contribution is 6.33. The van der Waals surface area contributed by atoms with Crippen molar-refractivity contribution in [2.24, 2.45) is 0 Å². The smallest absolute Gasteiger partial charge is 0.249 e. The van der Waals surface area contributed by atoms with Gasteiger partial charge in [-0.15, -0.1) is 5.10 Å². The van der Waals surface area contributed by atoms with Crippen molar-refractivity contribution in [1.82, 2.24) is 20.5 Å². The molecule has 1 fully saturated rings. The van der Waals surface area contributed by atoms with E-state index in [1.54, 1.807) is 6.07 Å². The number of aromatic nitrogens is 3. The topological polar surface area (TPSA) is 82.7 Å². The lowest BCUT2D eigenvalue weighted by atomic mass is 10.2. The summed E-state index contributed by atoms with van der Waals surface area (Å²) in [7, 11) is 0. The SMILES string of the molecule is O=C(Nc1n[nH]c(-c2ccccc2Cl)n1)C1CCCN1. The Kier molecular flexibility index (Phi) is 3.66. The minimum Gasteiger partial charge on any atom is -0.306 e. The molecule has 20 heavy (non-hydrogen) atoms. The van der Waals surface area contributed by atoms with Crippen LogP contribution < -0.4 is 10.6 Å². The minimum absolute atomic E-state index is 0.104. The van der Waals surface area contributed by atoms with Gasteiger partial charge in [0, 0.05) is 5.56 Å². The number of nitrogens with one attached hydrogen (secondary N) is 3. The van der Waals surface area contributed by atoms with Crippen molar-refractivity contribution in [3.05, 3.63) is 29.3 Å². The van der Waals surface area contributed by atoms with Gasteiger partial charge in [-0.25, -0.2) is 0 Å². The lowest BCUT2D eigenvalue weighted by Gasteiger charge is -2.07. The van der Waals surface area contributed by atoms with Gasteiger partial charge in [-0.05, 0) is 31.5 Å². The van der Waals surface area contributed by atoms with Crippen LogP contribution in [0, 0.1) is 0 Å². The van der Waals surface area contributed by atoms with Crippen LogP contribution in [0.4, 0.5) is 5.95 Å². The first kappa shape index (κ1) is 13.1. The molecule has 6 nitrogen and oxygen atoms in total. The first-order valence-corrected chi connectivity index (χ1v) is 6.83. The Hall–Kier alpha value is -1.92. The Morgan fingerprint density at radius 1 is 1.40 bits per heavy atom. The average molecular weight is 292 g/mol. The first-order chi connectivity index (χ1) is 9.74. The average Bonchev–Trinajstić information content (AvgIpc) is 3.10. The maximum absolute atomic E-state index is 11.9. The number of benzene rings is 1. The zero-order chi connectivity index (χ0) is 13.9. The second kappa shape index (κ2) is 5.60. The molecule has 3 N–H and O–H groups in total. The lowest BCUT2D eigenvalue weighted by Crippen LogP contribution is -2.35. The number of anilines is 1. The fourth-order valence-electron chi connectivity index (χ4n) is 2.20. The van der Waals surface area contributed by atoms with Crippen molar-refractivity contribution in [1.29, 1.82) is 0 Å². The molecule has 1 aliphatic heterocycles. The van der Waals surface area contributed by atoms with Crippen LogP contribution in [0.2, 0.25) is 5.02 Å². The molecule has 1 saturated heterocycles. The highest BCUT2D eigenvalue weighted by Gasteiger charge is 2.23. The number of amides is 1. The summed E-state index contributed by atoms with van der Waals surface area (Å²) in [6.45, 7) is 0.872. The van der Waals surface area contributed by atoms with E-state index in [-0.39, 0.29) is 17.9 Å².